The Hall–Kier alpha value is -1.51. The molecular formula is C19H29NO2. The number of benzene rings is 1. The van der Waals surface area contributed by atoms with Crippen molar-refractivity contribution in [2.24, 2.45) is 5.41 Å². The van der Waals surface area contributed by atoms with Gasteiger partial charge in [0, 0.05) is 6.04 Å². The predicted octanol–water partition coefficient (Wildman–Crippen LogP) is 4.27. The summed E-state index contributed by atoms with van der Waals surface area (Å²) in [6.07, 6.45) is 2.82. The van der Waals surface area contributed by atoms with Gasteiger partial charge >= 0.3 is 0 Å². The first-order valence-electron chi connectivity index (χ1n) is 8.34. The fourth-order valence-corrected chi connectivity index (χ4v) is 3.07. The summed E-state index contributed by atoms with van der Waals surface area (Å²) < 4.78 is 5.76. The quantitative estimate of drug-likeness (QED) is 0.882. The van der Waals surface area contributed by atoms with Crippen LogP contribution in [0.3, 0.4) is 0 Å². The summed E-state index contributed by atoms with van der Waals surface area (Å²) in [5, 5.41) is 3.12. The highest BCUT2D eigenvalue weighted by molar-refractivity contribution is 5.81. The number of carbonyl (C=O) groups is 1. The fourth-order valence-electron chi connectivity index (χ4n) is 3.07. The van der Waals surface area contributed by atoms with E-state index in [1.165, 1.54) is 12.0 Å². The van der Waals surface area contributed by atoms with Gasteiger partial charge in [-0.3, -0.25) is 4.79 Å². The monoisotopic (exact) mass is 303 g/mol. The van der Waals surface area contributed by atoms with Crippen LogP contribution in [-0.2, 0) is 4.79 Å². The maximum absolute atomic E-state index is 12.3. The molecule has 1 aliphatic rings. The second-order valence-electron chi connectivity index (χ2n) is 7.60. The Morgan fingerprint density at radius 2 is 1.86 bits per heavy atom. The molecule has 1 fully saturated rings. The summed E-state index contributed by atoms with van der Waals surface area (Å²) in [5.74, 6) is 1.23. The molecule has 1 aromatic rings. The average Bonchev–Trinajstić information content (AvgIpc) is 2.78. The first-order valence-corrected chi connectivity index (χ1v) is 8.34. The van der Waals surface area contributed by atoms with E-state index < -0.39 is 6.10 Å². The first kappa shape index (κ1) is 16.9. The summed E-state index contributed by atoms with van der Waals surface area (Å²) in [4.78, 5) is 12.3. The van der Waals surface area contributed by atoms with Gasteiger partial charge in [-0.25, -0.2) is 0 Å². The van der Waals surface area contributed by atoms with Crippen molar-refractivity contribution in [1.29, 1.82) is 0 Å². The van der Waals surface area contributed by atoms with Crippen molar-refractivity contribution in [2.75, 3.05) is 0 Å². The van der Waals surface area contributed by atoms with Gasteiger partial charge in [0.2, 0.25) is 0 Å². The summed E-state index contributed by atoms with van der Waals surface area (Å²) in [6.45, 7) is 10.7. The smallest absolute Gasteiger partial charge is 0.260 e. The van der Waals surface area contributed by atoms with Gasteiger partial charge in [-0.05, 0) is 55.2 Å². The Kier molecular flexibility index (Phi) is 5.15. The molecule has 3 heteroatoms. The van der Waals surface area contributed by atoms with Gasteiger partial charge in [0.25, 0.3) is 5.91 Å². The maximum Gasteiger partial charge on any atom is 0.260 e. The van der Waals surface area contributed by atoms with Gasteiger partial charge in [0.05, 0.1) is 0 Å². The zero-order valence-electron chi connectivity index (χ0n) is 14.5. The van der Waals surface area contributed by atoms with E-state index in [1.54, 1.807) is 0 Å². The first-order chi connectivity index (χ1) is 10.3. The molecule has 1 aromatic carbocycles. The van der Waals surface area contributed by atoms with Crippen LogP contribution in [0.5, 0.6) is 5.75 Å². The van der Waals surface area contributed by atoms with Crippen molar-refractivity contribution in [3.63, 3.8) is 0 Å². The van der Waals surface area contributed by atoms with E-state index in [9.17, 15) is 4.79 Å². The van der Waals surface area contributed by atoms with Crippen molar-refractivity contribution in [3.8, 4) is 5.75 Å². The number of nitrogens with one attached hydrogen (secondary N) is 1. The number of ether oxygens (including phenoxy) is 1. The molecule has 3 nitrogen and oxygen atoms in total. The largest absolute Gasteiger partial charge is 0.481 e. The lowest BCUT2D eigenvalue weighted by Gasteiger charge is -2.20. The van der Waals surface area contributed by atoms with Gasteiger partial charge < -0.3 is 10.1 Å². The molecule has 0 spiro atoms. The molecule has 0 radical (unpaired) electrons. The van der Waals surface area contributed by atoms with E-state index in [1.807, 2.05) is 19.1 Å². The highest BCUT2D eigenvalue weighted by atomic mass is 16.5. The van der Waals surface area contributed by atoms with Gasteiger partial charge in [-0.15, -0.1) is 0 Å². The molecule has 2 rings (SSSR count). The van der Waals surface area contributed by atoms with Crippen molar-refractivity contribution in [3.05, 3.63) is 29.8 Å². The molecule has 2 unspecified atom stereocenters. The van der Waals surface area contributed by atoms with Crippen LogP contribution in [0.4, 0.5) is 0 Å². The van der Waals surface area contributed by atoms with Gasteiger partial charge in [0.15, 0.2) is 6.10 Å². The second-order valence-corrected chi connectivity index (χ2v) is 7.60. The fraction of sp³-hybridized carbons (Fsp3) is 0.632. The van der Waals surface area contributed by atoms with Crippen LogP contribution in [0.15, 0.2) is 24.3 Å². The van der Waals surface area contributed by atoms with E-state index in [-0.39, 0.29) is 11.9 Å². The normalized spacial score (nSPS) is 21.6. The van der Waals surface area contributed by atoms with E-state index in [4.69, 9.17) is 4.74 Å². The van der Waals surface area contributed by atoms with Crippen LogP contribution < -0.4 is 10.1 Å². The number of hydrogen-bond acceptors (Lipinski definition) is 2. The Morgan fingerprint density at radius 1 is 1.23 bits per heavy atom. The van der Waals surface area contributed by atoms with Crippen molar-refractivity contribution >= 4 is 5.91 Å². The minimum Gasteiger partial charge on any atom is -0.481 e. The van der Waals surface area contributed by atoms with E-state index in [0.717, 1.165) is 18.6 Å². The standard InChI is InChI=1S/C19H29NO2/c1-13(2)15-6-8-17(9-7-15)22-14(3)18(21)20-16-10-11-19(4,5)12-16/h6-9,13-14,16H,10-12H2,1-5H3,(H,20,21). The minimum absolute atomic E-state index is 0.0179. The number of amides is 1. The van der Waals surface area contributed by atoms with Crippen LogP contribution >= 0.6 is 0 Å². The third kappa shape index (κ3) is 4.49. The van der Waals surface area contributed by atoms with Crippen LogP contribution in [0.2, 0.25) is 0 Å². The molecule has 0 aromatic heterocycles. The average molecular weight is 303 g/mol. The molecule has 1 N–H and O–H groups in total. The molecule has 1 saturated carbocycles. The van der Waals surface area contributed by atoms with Crippen LogP contribution in [0, 0.1) is 5.41 Å². The molecule has 122 valence electrons. The lowest BCUT2D eigenvalue weighted by Crippen LogP contribution is -2.41. The highest BCUT2D eigenvalue weighted by Gasteiger charge is 2.32. The Bertz CT molecular complexity index is 505. The Balaban J connectivity index is 1.86. The molecule has 1 amide bonds. The molecule has 1 aliphatic carbocycles. The summed E-state index contributed by atoms with van der Waals surface area (Å²) >= 11 is 0. The summed E-state index contributed by atoms with van der Waals surface area (Å²) in [5.41, 5.74) is 1.62. The maximum atomic E-state index is 12.3. The van der Waals surface area contributed by atoms with Crippen LogP contribution in [-0.4, -0.2) is 18.1 Å². The second kappa shape index (κ2) is 6.72. The van der Waals surface area contributed by atoms with Crippen molar-refractivity contribution in [2.45, 2.75) is 71.9 Å². The van der Waals surface area contributed by atoms with Gasteiger partial charge in [0.1, 0.15) is 5.75 Å². The Labute approximate surface area is 134 Å². The summed E-state index contributed by atoms with van der Waals surface area (Å²) in [7, 11) is 0. The number of hydrogen-bond donors (Lipinski definition) is 1. The molecule has 0 saturated heterocycles. The topological polar surface area (TPSA) is 38.3 Å². The van der Waals surface area contributed by atoms with Crippen LogP contribution in [0.25, 0.3) is 0 Å². The molecule has 22 heavy (non-hydrogen) atoms. The molecule has 0 heterocycles. The van der Waals surface area contributed by atoms with Crippen molar-refractivity contribution < 1.29 is 9.53 Å². The summed E-state index contributed by atoms with van der Waals surface area (Å²) in [6, 6.07) is 8.29. The molecule has 0 bridgehead atoms. The lowest BCUT2D eigenvalue weighted by molar-refractivity contribution is -0.128. The number of carbonyl (C=O) groups excluding carboxylic acids is 1. The Morgan fingerprint density at radius 3 is 2.36 bits per heavy atom. The third-order valence-corrected chi connectivity index (χ3v) is 4.54. The lowest BCUT2D eigenvalue weighted by atomic mass is 9.92. The number of rotatable bonds is 5. The van der Waals surface area contributed by atoms with E-state index in [0.29, 0.717) is 11.3 Å². The van der Waals surface area contributed by atoms with E-state index in [2.05, 4.69) is 45.1 Å². The molecule has 2 atom stereocenters. The van der Waals surface area contributed by atoms with Crippen molar-refractivity contribution in [1.82, 2.24) is 5.32 Å². The van der Waals surface area contributed by atoms with Gasteiger partial charge in [-0.2, -0.15) is 0 Å². The predicted molar refractivity (Wildman–Crippen MR) is 90.2 cm³/mol. The third-order valence-electron chi connectivity index (χ3n) is 4.54. The minimum atomic E-state index is -0.464. The SMILES string of the molecule is CC(Oc1ccc(C(C)C)cc1)C(=O)NC1CCC(C)(C)C1. The van der Waals surface area contributed by atoms with Crippen LogP contribution in [0.1, 0.15) is 65.4 Å². The zero-order chi connectivity index (χ0) is 16.3. The molecule has 0 aliphatic heterocycles. The molecular weight excluding hydrogens is 274 g/mol. The van der Waals surface area contributed by atoms with E-state index >= 15 is 0 Å². The zero-order valence-corrected chi connectivity index (χ0v) is 14.5. The highest BCUT2D eigenvalue weighted by Crippen LogP contribution is 2.36. The van der Waals surface area contributed by atoms with Gasteiger partial charge in [-0.1, -0.05) is 39.8 Å².